The Balaban J connectivity index is 2.17. The number of hydrogen-bond acceptors (Lipinski definition) is 2. The Morgan fingerprint density at radius 2 is 1.96 bits per heavy atom. The fourth-order valence-corrected chi connectivity index (χ4v) is 4.73. The highest BCUT2D eigenvalue weighted by Crippen LogP contribution is 2.51. The summed E-state index contributed by atoms with van der Waals surface area (Å²) in [5.41, 5.74) is 5.42. The van der Waals surface area contributed by atoms with Gasteiger partial charge in [-0.3, -0.25) is 0 Å². The van der Waals surface area contributed by atoms with Crippen molar-refractivity contribution in [1.82, 2.24) is 0 Å². The Hall–Kier alpha value is -1.70. The number of phenols is 2. The molecule has 3 rings (SSSR count). The fraction of sp³-hybridized carbons (Fsp3) is 0.545. The van der Waals surface area contributed by atoms with E-state index in [4.69, 9.17) is 0 Å². The Morgan fingerprint density at radius 3 is 2.62 bits per heavy atom. The second-order valence-corrected chi connectivity index (χ2v) is 7.76. The third-order valence-electron chi connectivity index (χ3n) is 6.06. The van der Waals surface area contributed by atoms with Crippen molar-refractivity contribution >= 4 is 0 Å². The van der Waals surface area contributed by atoms with Crippen LogP contribution in [0.25, 0.3) is 0 Å². The van der Waals surface area contributed by atoms with E-state index in [0.29, 0.717) is 11.7 Å². The maximum absolute atomic E-state index is 11.1. The van der Waals surface area contributed by atoms with Gasteiger partial charge in [0.05, 0.1) is 0 Å². The fourth-order valence-electron chi connectivity index (χ4n) is 4.73. The second-order valence-electron chi connectivity index (χ2n) is 7.76. The van der Waals surface area contributed by atoms with E-state index >= 15 is 0 Å². The van der Waals surface area contributed by atoms with Crippen LogP contribution in [0.5, 0.6) is 11.5 Å². The van der Waals surface area contributed by atoms with Gasteiger partial charge in [0.1, 0.15) is 11.5 Å². The molecule has 2 aliphatic rings. The van der Waals surface area contributed by atoms with Gasteiger partial charge in [-0.25, -0.2) is 0 Å². The zero-order valence-corrected chi connectivity index (χ0v) is 15.2. The van der Waals surface area contributed by atoms with Gasteiger partial charge in [-0.05, 0) is 75.8 Å². The summed E-state index contributed by atoms with van der Waals surface area (Å²) in [7, 11) is 0. The first kappa shape index (κ1) is 17.1. The molecule has 1 aromatic rings. The number of fused-ring (bicyclic) bond motifs is 1. The molecule has 3 atom stereocenters. The second kappa shape index (κ2) is 6.66. The third kappa shape index (κ3) is 2.87. The standard InChI is InChI=1S/C22H30O2/c1-5-15-7-6-8-16-12-19(23)21(22(24)20(15)16)18-11-14(4)9-10-17(18)13(2)3/h11-12,15,17-18,23-24H,2,5-10H2,1,3-4H3/t15-,17+,18-/m1/s1. The summed E-state index contributed by atoms with van der Waals surface area (Å²) in [6.45, 7) is 10.6. The maximum atomic E-state index is 11.1. The van der Waals surface area contributed by atoms with Gasteiger partial charge < -0.3 is 10.2 Å². The first-order chi connectivity index (χ1) is 11.4. The summed E-state index contributed by atoms with van der Waals surface area (Å²) in [4.78, 5) is 0. The van der Waals surface area contributed by atoms with Crippen LogP contribution in [0.1, 0.15) is 81.4 Å². The van der Waals surface area contributed by atoms with Gasteiger partial charge in [-0.1, -0.05) is 30.7 Å². The molecule has 2 N–H and O–H groups in total. The van der Waals surface area contributed by atoms with E-state index in [9.17, 15) is 10.2 Å². The average Bonchev–Trinajstić information content (AvgIpc) is 2.53. The molecule has 2 aliphatic carbocycles. The molecular weight excluding hydrogens is 296 g/mol. The van der Waals surface area contributed by atoms with Crippen LogP contribution in [-0.2, 0) is 6.42 Å². The number of benzene rings is 1. The summed E-state index contributed by atoms with van der Waals surface area (Å²) in [6.07, 6.45) is 8.59. The molecule has 0 aliphatic heterocycles. The number of phenolic OH excluding ortho intramolecular Hbond substituents is 2. The van der Waals surface area contributed by atoms with Gasteiger partial charge in [0.25, 0.3) is 0 Å². The van der Waals surface area contributed by atoms with Gasteiger partial charge >= 0.3 is 0 Å². The highest BCUT2D eigenvalue weighted by molar-refractivity contribution is 5.58. The molecule has 1 aromatic carbocycles. The Kier molecular flexibility index (Phi) is 4.76. The summed E-state index contributed by atoms with van der Waals surface area (Å²) >= 11 is 0. The molecule has 0 aromatic heterocycles. The summed E-state index contributed by atoms with van der Waals surface area (Å²) in [6, 6.07) is 1.92. The maximum Gasteiger partial charge on any atom is 0.126 e. The highest BCUT2D eigenvalue weighted by atomic mass is 16.3. The molecule has 0 bridgehead atoms. The zero-order valence-electron chi connectivity index (χ0n) is 15.2. The van der Waals surface area contributed by atoms with Gasteiger partial charge in [-0.2, -0.15) is 0 Å². The van der Waals surface area contributed by atoms with Crippen LogP contribution < -0.4 is 0 Å². The number of aryl methyl sites for hydroxylation is 1. The van der Waals surface area contributed by atoms with E-state index < -0.39 is 0 Å². The molecule has 0 fully saturated rings. The van der Waals surface area contributed by atoms with Crippen molar-refractivity contribution in [2.24, 2.45) is 5.92 Å². The van der Waals surface area contributed by atoms with Crippen molar-refractivity contribution < 1.29 is 10.2 Å². The molecule has 0 heterocycles. The topological polar surface area (TPSA) is 40.5 Å². The SMILES string of the molecule is C=C(C)[C@@H]1CCC(C)=C[C@H]1c1c(O)cc2c(c1O)[C@H](CC)CCC2. The van der Waals surface area contributed by atoms with E-state index in [0.717, 1.165) is 60.8 Å². The Morgan fingerprint density at radius 1 is 1.21 bits per heavy atom. The molecule has 0 saturated carbocycles. The zero-order chi connectivity index (χ0) is 17.4. The Bertz CT molecular complexity index is 684. The smallest absolute Gasteiger partial charge is 0.126 e. The van der Waals surface area contributed by atoms with Gasteiger partial charge in [-0.15, -0.1) is 0 Å². The van der Waals surface area contributed by atoms with Crippen LogP contribution in [-0.4, -0.2) is 10.2 Å². The van der Waals surface area contributed by atoms with Crippen LogP contribution in [0.2, 0.25) is 0 Å². The van der Waals surface area contributed by atoms with Crippen LogP contribution in [0, 0.1) is 5.92 Å². The number of allylic oxidation sites excluding steroid dienone is 3. The van der Waals surface area contributed by atoms with E-state index in [-0.39, 0.29) is 17.6 Å². The predicted molar refractivity (Wildman–Crippen MR) is 99.8 cm³/mol. The van der Waals surface area contributed by atoms with Crippen molar-refractivity contribution in [3.63, 3.8) is 0 Å². The third-order valence-corrected chi connectivity index (χ3v) is 6.06. The van der Waals surface area contributed by atoms with Crippen LogP contribution in [0.4, 0.5) is 0 Å². The quantitative estimate of drug-likeness (QED) is 0.674. The molecule has 2 nitrogen and oxygen atoms in total. The van der Waals surface area contributed by atoms with Crippen molar-refractivity contribution in [3.05, 3.63) is 46.6 Å². The molecular formula is C22H30O2. The van der Waals surface area contributed by atoms with E-state index in [1.807, 2.05) is 6.07 Å². The summed E-state index contributed by atoms with van der Waals surface area (Å²) < 4.78 is 0. The van der Waals surface area contributed by atoms with E-state index in [1.165, 1.54) is 5.57 Å². The molecule has 0 unspecified atom stereocenters. The summed E-state index contributed by atoms with van der Waals surface area (Å²) in [5, 5.41) is 21.9. The van der Waals surface area contributed by atoms with E-state index in [1.54, 1.807) is 0 Å². The molecule has 130 valence electrons. The van der Waals surface area contributed by atoms with Crippen LogP contribution in [0.15, 0.2) is 29.9 Å². The lowest BCUT2D eigenvalue weighted by molar-refractivity contribution is 0.392. The molecule has 0 saturated heterocycles. The lowest BCUT2D eigenvalue weighted by Gasteiger charge is -2.34. The van der Waals surface area contributed by atoms with Gasteiger partial charge in [0.2, 0.25) is 0 Å². The first-order valence-corrected chi connectivity index (χ1v) is 9.34. The lowest BCUT2D eigenvalue weighted by atomic mass is 9.71. The van der Waals surface area contributed by atoms with Crippen molar-refractivity contribution in [2.75, 3.05) is 0 Å². The minimum absolute atomic E-state index is 0.0287. The molecule has 24 heavy (non-hydrogen) atoms. The van der Waals surface area contributed by atoms with Crippen LogP contribution in [0.3, 0.4) is 0 Å². The monoisotopic (exact) mass is 326 g/mol. The largest absolute Gasteiger partial charge is 0.507 e. The average molecular weight is 326 g/mol. The van der Waals surface area contributed by atoms with Gasteiger partial charge in [0.15, 0.2) is 0 Å². The van der Waals surface area contributed by atoms with Crippen molar-refractivity contribution in [1.29, 1.82) is 0 Å². The van der Waals surface area contributed by atoms with E-state index in [2.05, 4.69) is 33.4 Å². The first-order valence-electron chi connectivity index (χ1n) is 9.34. The lowest BCUT2D eigenvalue weighted by Crippen LogP contribution is -2.19. The molecule has 0 spiro atoms. The predicted octanol–water partition coefficient (Wildman–Crippen LogP) is 5.94. The molecule has 2 heteroatoms. The Labute approximate surface area is 145 Å². The number of aromatic hydroxyl groups is 2. The molecule has 0 amide bonds. The molecule has 0 radical (unpaired) electrons. The summed E-state index contributed by atoms with van der Waals surface area (Å²) in [5.74, 6) is 1.32. The number of rotatable bonds is 3. The van der Waals surface area contributed by atoms with Crippen molar-refractivity contribution in [3.8, 4) is 11.5 Å². The van der Waals surface area contributed by atoms with Crippen LogP contribution >= 0.6 is 0 Å². The van der Waals surface area contributed by atoms with Crippen molar-refractivity contribution in [2.45, 2.75) is 71.1 Å². The minimum Gasteiger partial charge on any atom is -0.507 e. The number of hydrogen-bond donors (Lipinski definition) is 2. The van der Waals surface area contributed by atoms with Gasteiger partial charge in [0, 0.05) is 17.0 Å². The minimum atomic E-state index is 0.0287. The highest BCUT2D eigenvalue weighted by Gasteiger charge is 2.33. The normalized spacial score (nSPS) is 26.6.